The van der Waals surface area contributed by atoms with Gasteiger partial charge in [0, 0.05) is 43.0 Å². The number of nitrogens with one attached hydrogen (secondary N) is 1. The molecule has 1 amide bonds. The molecule has 11 nitrogen and oxygen atoms in total. The summed E-state index contributed by atoms with van der Waals surface area (Å²) in [6.45, 7) is 4.08. The number of carbonyl (C=O) groups is 1. The number of aliphatic hydroxyl groups is 5. The summed E-state index contributed by atoms with van der Waals surface area (Å²) in [6.07, 6.45) is -3.43. The lowest BCUT2D eigenvalue weighted by Gasteiger charge is -2.30. The van der Waals surface area contributed by atoms with Crippen LogP contribution in [0.15, 0.2) is 65.8 Å². The van der Waals surface area contributed by atoms with E-state index in [-0.39, 0.29) is 24.3 Å². The van der Waals surface area contributed by atoms with Gasteiger partial charge in [-0.2, -0.15) is 4.31 Å². The van der Waals surface area contributed by atoms with Crippen molar-refractivity contribution in [2.45, 2.75) is 69.0 Å². The van der Waals surface area contributed by atoms with Crippen LogP contribution in [0.25, 0.3) is 11.1 Å². The largest absolute Gasteiger partial charge is 0.394 e. The summed E-state index contributed by atoms with van der Waals surface area (Å²) in [5, 5.41) is 50.9. The molecule has 0 spiro atoms. The van der Waals surface area contributed by atoms with E-state index in [0.717, 1.165) is 22.3 Å². The lowest BCUT2D eigenvalue weighted by atomic mass is 9.98. The third-order valence-corrected chi connectivity index (χ3v) is 10.1. The molecule has 3 aromatic rings. The number of amides is 1. The smallest absolute Gasteiger partial charge is 0.243 e. The predicted molar refractivity (Wildman–Crippen MR) is 166 cm³/mol. The molecule has 0 bridgehead atoms. The number of pyridine rings is 1. The van der Waals surface area contributed by atoms with Crippen molar-refractivity contribution in [3.8, 4) is 11.1 Å². The lowest BCUT2D eigenvalue weighted by Crippen LogP contribution is -2.49. The van der Waals surface area contributed by atoms with Gasteiger partial charge in [0.15, 0.2) is 0 Å². The molecule has 3 rings (SSSR count). The number of nitrogens with zero attached hydrogens (tertiary/aromatic N) is 2. The molecular weight excluding hydrogens is 610 g/mol. The number of benzene rings is 2. The molecular formula is C31H40ClN3O8S. The number of aryl methyl sites for hydroxylation is 1. The van der Waals surface area contributed by atoms with E-state index in [9.17, 15) is 33.6 Å². The van der Waals surface area contributed by atoms with Crippen molar-refractivity contribution < 1.29 is 38.7 Å². The average Bonchev–Trinajstić information content (AvgIpc) is 3.01. The van der Waals surface area contributed by atoms with Crippen molar-refractivity contribution >= 4 is 27.5 Å². The van der Waals surface area contributed by atoms with Gasteiger partial charge in [-0.25, -0.2) is 8.42 Å². The van der Waals surface area contributed by atoms with Gasteiger partial charge >= 0.3 is 0 Å². The second kappa shape index (κ2) is 15.9. The Hall–Kier alpha value is -2.94. The van der Waals surface area contributed by atoms with E-state index in [0.29, 0.717) is 10.6 Å². The zero-order valence-electron chi connectivity index (χ0n) is 24.8. The normalized spacial score (nSPS) is 15.4. The van der Waals surface area contributed by atoms with Crippen LogP contribution in [0.4, 0.5) is 0 Å². The summed E-state index contributed by atoms with van der Waals surface area (Å²) >= 11 is 6.28. The van der Waals surface area contributed by atoms with Crippen LogP contribution in [-0.4, -0.2) is 93.3 Å². The second-order valence-corrected chi connectivity index (χ2v) is 12.9. The third-order valence-electron chi connectivity index (χ3n) is 7.55. The molecule has 6 N–H and O–H groups in total. The second-order valence-electron chi connectivity index (χ2n) is 10.7. The molecule has 5 unspecified atom stereocenters. The standard InChI is InChI=1S/C31H40ClN3O8S/c1-19-16-33-13-12-24(19)23-8-4-7-22(15-23)21(3)35(44(42,43)28-10-5-9-25(32)20(28)2)14-6-11-29(39)34-17-26(37)30(40)31(41)27(38)18-36/h4-5,7-10,12-13,15-16,21,26-27,30-31,36-38,40-41H,6,11,14,17-18H2,1-3H3,(H,34,39). The van der Waals surface area contributed by atoms with Crippen molar-refractivity contribution in [1.82, 2.24) is 14.6 Å². The quantitative estimate of drug-likeness (QED) is 0.144. The fourth-order valence-electron chi connectivity index (χ4n) is 4.83. The first-order valence-electron chi connectivity index (χ1n) is 14.2. The molecule has 0 radical (unpaired) electrons. The van der Waals surface area contributed by atoms with Crippen molar-refractivity contribution in [3.05, 3.63) is 82.6 Å². The van der Waals surface area contributed by atoms with Gasteiger partial charge in [0.05, 0.1) is 17.6 Å². The van der Waals surface area contributed by atoms with E-state index < -0.39 is 59.5 Å². The molecule has 1 aromatic heterocycles. The van der Waals surface area contributed by atoms with Crippen molar-refractivity contribution in [2.75, 3.05) is 19.7 Å². The Kier molecular flexibility index (Phi) is 12.8. The van der Waals surface area contributed by atoms with E-state index in [1.165, 1.54) is 10.4 Å². The summed E-state index contributed by atoms with van der Waals surface area (Å²) in [5.74, 6) is -0.521. The fourth-order valence-corrected chi connectivity index (χ4v) is 6.97. The molecule has 0 fully saturated rings. The summed E-state index contributed by atoms with van der Waals surface area (Å²) in [6, 6.07) is 13.5. The minimum atomic E-state index is -4.08. The van der Waals surface area contributed by atoms with Gasteiger partial charge in [-0.05, 0) is 79.3 Å². The Morgan fingerprint density at radius 2 is 1.70 bits per heavy atom. The Bertz CT molecular complexity index is 1520. The Balaban J connectivity index is 1.80. The van der Waals surface area contributed by atoms with Gasteiger partial charge in [-0.15, -0.1) is 0 Å². The van der Waals surface area contributed by atoms with Crippen LogP contribution in [0.3, 0.4) is 0 Å². The van der Waals surface area contributed by atoms with Gasteiger partial charge in [-0.1, -0.05) is 35.9 Å². The van der Waals surface area contributed by atoms with Crippen LogP contribution in [0.1, 0.15) is 42.5 Å². The van der Waals surface area contributed by atoms with Crippen LogP contribution in [0.5, 0.6) is 0 Å². The van der Waals surface area contributed by atoms with Crippen LogP contribution in [0.2, 0.25) is 5.02 Å². The van der Waals surface area contributed by atoms with Crippen LogP contribution in [0, 0.1) is 13.8 Å². The molecule has 0 saturated heterocycles. The summed E-state index contributed by atoms with van der Waals surface area (Å²) < 4.78 is 29.5. The zero-order valence-corrected chi connectivity index (χ0v) is 26.4. The van der Waals surface area contributed by atoms with E-state index in [4.69, 9.17) is 16.7 Å². The monoisotopic (exact) mass is 649 g/mol. The maximum absolute atomic E-state index is 14.1. The summed E-state index contributed by atoms with van der Waals surface area (Å²) in [7, 11) is -4.08. The van der Waals surface area contributed by atoms with Crippen LogP contribution < -0.4 is 5.32 Å². The molecule has 2 aromatic carbocycles. The van der Waals surface area contributed by atoms with Crippen molar-refractivity contribution in [3.63, 3.8) is 0 Å². The number of aliphatic hydroxyl groups excluding tert-OH is 5. The highest BCUT2D eigenvalue weighted by atomic mass is 35.5. The van der Waals surface area contributed by atoms with Gasteiger partial charge in [0.2, 0.25) is 15.9 Å². The molecule has 5 atom stereocenters. The third kappa shape index (κ3) is 8.61. The first-order chi connectivity index (χ1) is 20.8. The van der Waals surface area contributed by atoms with E-state index in [1.807, 2.05) is 37.3 Å². The molecule has 1 heterocycles. The molecule has 240 valence electrons. The number of rotatable bonds is 15. The number of aromatic nitrogens is 1. The highest BCUT2D eigenvalue weighted by molar-refractivity contribution is 7.89. The molecule has 0 saturated carbocycles. The first kappa shape index (κ1) is 35.5. The Labute approximate surface area is 262 Å². The minimum Gasteiger partial charge on any atom is -0.394 e. The van der Waals surface area contributed by atoms with Gasteiger partial charge < -0.3 is 30.8 Å². The van der Waals surface area contributed by atoms with E-state index in [2.05, 4.69) is 10.3 Å². The number of halogens is 1. The molecule has 44 heavy (non-hydrogen) atoms. The molecule has 0 aliphatic heterocycles. The van der Waals surface area contributed by atoms with Crippen molar-refractivity contribution in [2.24, 2.45) is 0 Å². The number of sulfonamides is 1. The lowest BCUT2D eigenvalue weighted by molar-refractivity contribution is -0.126. The first-order valence-corrected chi connectivity index (χ1v) is 16.0. The van der Waals surface area contributed by atoms with Gasteiger partial charge in [0.1, 0.15) is 18.3 Å². The van der Waals surface area contributed by atoms with Crippen molar-refractivity contribution in [1.29, 1.82) is 0 Å². The minimum absolute atomic E-state index is 0.0199. The highest BCUT2D eigenvalue weighted by Crippen LogP contribution is 2.33. The molecule has 13 heteroatoms. The van der Waals surface area contributed by atoms with Crippen LogP contribution in [-0.2, 0) is 14.8 Å². The van der Waals surface area contributed by atoms with E-state index >= 15 is 0 Å². The highest BCUT2D eigenvalue weighted by Gasteiger charge is 2.32. The van der Waals surface area contributed by atoms with Crippen LogP contribution >= 0.6 is 11.6 Å². The Morgan fingerprint density at radius 1 is 1.02 bits per heavy atom. The number of hydrogen-bond acceptors (Lipinski definition) is 9. The fraction of sp³-hybridized carbons (Fsp3) is 0.419. The average molecular weight is 650 g/mol. The predicted octanol–water partition coefficient (Wildman–Crippen LogP) is 2.10. The summed E-state index contributed by atoms with van der Waals surface area (Å²) in [5.41, 5.74) is 4.00. The molecule has 0 aliphatic rings. The zero-order chi connectivity index (χ0) is 32.6. The maximum atomic E-state index is 14.1. The SMILES string of the molecule is Cc1cnccc1-c1cccc(C(C)N(CCCC(=O)NCC(O)C(O)C(O)C(O)CO)S(=O)(=O)c2cccc(Cl)c2C)c1. The van der Waals surface area contributed by atoms with Gasteiger partial charge in [0.25, 0.3) is 0 Å². The Morgan fingerprint density at radius 3 is 2.39 bits per heavy atom. The van der Waals surface area contributed by atoms with Gasteiger partial charge in [-0.3, -0.25) is 9.78 Å². The van der Waals surface area contributed by atoms with E-state index in [1.54, 1.807) is 38.4 Å². The summed E-state index contributed by atoms with van der Waals surface area (Å²) in [4.78, 5) is 16.8. The maximum Gasteiger partial charge on any atom is 0.243 e. The molecule has 0 aliphatic carbocycles. The number of carbonyl (C=O) groups excluding carboxylic acids is 1. The number of hydrogen-bond donors (Lipinski definition) is 6. The topological polar surface area (TPSA) is 181 Å².